The van der Waals surface area contributed by atoms with Crippen LogP contribution in [0.2, 0.25) is 0 Å². The second-order valence-electron chi connectivity index (χ2n) is 4.32. The third-order valence-corrected chi connectivity index (χ3v) is 2.94. The minimum atomic E-state index is -0.855. The molecule has 0 spiro atoms. The third-order valence-electron chi connectivity index (χ3n) is 2.94. The fourth-order valence-corrected chi connectivity index (χ4v) is 1.87. The van der Waals surface area contributed by atoms with Crippen molar-refractivity contribution in [2.75, 3.05) is 0 Å². The van der Waals surface area contributed by atoms with E-state index in [0.717, 1.165) is 11.9 Å². The summed E-state index contributed by atoms with van der Waals surface area (Å²) in [6.07, 6.45) is 2.48. The first-order valence-electron chi connectivity index (χ1n) is 5.83. The number of nitrogens with two attached hydrogens (primary N) is 1. The van der Waals surface area contributed by atoms with Crippen molar-refractivity contribution in [1.82, 2.24) is 20.2 Å². The molecule has 1 unspecified atom stereocenters. The average molecular weight is 267 g/mol. The highest BCUT2D eigenvalue weighted by Gasteiger charge is 2.13. The predicted molar refractivity (Wildman–Crippen MR) is 65.9 cm³/mol. The lowest BCUT2D eigenvalue weighted by atomic mass is 10.0. The van der Waals surface area contributed by atoms with E-state index in [-0.39, 0.29) is 6.04 Å². The fourth-order valence-electron chi connectivity index (χ4n) is 1.87. The van der Waals surface area contributed by atoms with E-state index >= 15 is 0 Å². The summed E-state index contributed by atoms with van der Waals surface area (Å²) in [5, 5.41) is 3.96. The van der Waals surface area contributed by atoms with E-state index in [4.69, 9.17) is 5.84 Å². The van der Waals surface area contributed by atoms with Crippen LogP contribution < -0.4 is 11.3 Å². The van der Waals surface area contributed by atoms with Gasteiger partial charge in [-0.15, -0.1) is 0 Å². The van der Waals surface area contributed by atoms with E-state index in [1.54, 1.807) is 17.8 Å². The van der Waals surface area contributed by atoms with Crippen LogP contribution in [-0.2, 0) is 19.9 Å². The summed E-state index contributed by atoms with van der Waals surface area (Å²) >= 11 is 0. The van der Waals surface area contributed by atoms with Crippen LogP contribution in [0.5, 0.6) is 0 Å². The molecule has 1 aromatic heterocycles. The summed E-state index contributed by atoms with van der Waals surface area (Å²) in [6, 6.07) is 3.70. The Kier molecular flexibility index (Phi) is 4.18. The summed E-state index contributed by atoms with van der Waals surface area (Å²) in [5.41, 5.74) is 3.32. The van der Waals surface area contributed by atoms with Gasteiger partial charge in [-0.1, -0.05) is 6.07 Å². The first-order chi connectivity index (χ1) is 9.10. The second kappa shape index (κ2) is 5.85. The summed E-state index contributed by atoms with van der Waals surface area (Å²) in [4.78, 5) is 4.10. The summed E-state index contributed by atoms with van der Waals surface area (Å²) < 4.78 is 27.6. The quantitative estimate of drug-likeness (QED) is 0.618. The molecule has 7 heteroatoms. The maximum absolute atomic E-state index is 13.1. The number of nitrogens with zero attached hydrogens (tertiary/aromatic N) is 3. The molecule has 1 atom stereocenters. The maximum Gasteiger partial charge on any atom is 0.159 e. The number of hydrogen-bond donors (Lipinski definition) is 2. The first kappa shape index (κ1) is 13.6. The van der Waals surface area contributed by atoms with E-state index < -0.39 is 11.6 Å². The van der Waals surface area contributed by atoms with E-state index in [2.05, 4.69) is 15.5 Å². The van der Waals surface area contributed by atoms with Crippen LogP contribution in [0, 0.1) is 11.6 Å². The molecule has 0 radical (unpaired) electrons. The molecule has 1 aromatic carbocycles. The number of hydrazine groups is 1. The van der Waals surface area contributed by atoms with Crippen molar-refractivity contribution in [2.45, 2.75) is 18.9 Å². The van der Waals surface area contributed by atoms with Crippen LogP contribution in [0.1, 0.15) is 11.4 Å². The number of aromatic nitrogens is 3. The lowest BCUT2D eigenvalue weighted by Crippen LogP contribution is -2.39. The van der Waals surface area contributed by atoms with Crippen molar-refractivity contribution in [2.24, 2.45) is 12.9 Å². The molecule has 0 aliphatic heterocycles. The van der Waals surface area contributed by atoms with Gasteiger partial charge in [0, 0.05) is 19.5 Å². The lowest BCUT2D eigenvalue weighted by molar-refractivity contribution is 0.488. The zero-order valence-electron chi connectivity index (χ0n) is 10.5. The Bertz CT molecular complexity index is 555. The van der Waals surface area contributed by atoms with Crippen LogP contribution >= 0.6 is 0 Å². The Morgan fingerprint density at radius 1 is 1.32 bits per heavy atom. The minimum Gasteiger partial charge on any atom is -0.271 e. The van der Waals surface area contributed by atoms with Gasteiger partial charge in [0.25, 0.3) is 0 Å². The maximum atomic E-state index is 13.1. The molecule has 2 rings (SSSR count). The Morgan fingerprint density at radius 3 is 2.68 bits per heavy atom. The van der Waals surface area contributed by atoms with Crippen LogP contribution in [-0.4, -0.2) is 20.8 Å². The average Bonchev–Trinajstić information content (AvgIpc) is 2.78. The predicted octanol–water partition coefficient (Wildman–Crippen LogP) is 0.710. The molecular weight excluding hydrogens is 252 g/mol. The highest BCUT2D eigenvalue weighted by molar-refractivity contribution is 5.19. The highest BCUT2D eigenvalue weighted by Crippen LogP contribution is 2.11. The number of hydrogen-bond acceptors (Lipinski definition) is 4. The normalized spacial score (nSPS) is 12.6. The van der Waals surface area contributed by atoms with Gasteiger partial charge in [-0.25, -0.2) is 13.8 Å². The molecule has 0 aliphatic rings. The van der Waals surface area contributed by atoms with Gasteiger partial charge >= 0.3 is 0 Å². The van der Waals surface area contributed by atoms with E-state index in [9.17, 15) is 8.78 Å². The molecule has 0 saturated heterocycles. The minimum absolute atomic E-state index is 0.132. The summed E-state index contributed by atoms with van der Waals surface area (Å²) in [5.74, 6) is 4.54. The highest BCUT2D eigenvalue weighted by atomic mass is 19.2. The molecule has 3 N–H and O–H groups in total. The van der Waals surface area contributed by atoms with Gasteiger partial charge in [0.15, 0.2) is 11.6 Å². The Hall–Kier alpha value is -1.86. The van der Waals surface area contributed by atoms with E-state index in [0.29, 0.717) is 18.4 Å². The number of halogens is 2. The van der Waals surface area contributed by atoms with Crippen molar-refractivity contribution in [3.05, 3.63) is 47.5 Å². The number of aryl methyl sites for hydroxylation is 1. The molecule has 0 aliphatic carbocycles. The van der Waals surface area contributed by atoms with Crippen molar-refractivity contribution >= 4 is 0 Å². The Morgan fingerprint density at radius 2 is 2.11 bits per heavy atom. The van der Waals surface area contributed by atoms with Crippen molar-refractivity contribution in [3.8, 4) is 0 Å². The molecule has 0 bridgehead atoms. The first-order valence-corrected chi connectivity index (χ1v) is 5.83. The Labute approximate surface area is 109 Å². The van der Waals surface area contributed by atoms with Crippen LogP contribution in [0.3, 0.4) is 0 Å². The molecule has 19 heavy (non-hydrogen) atoms. The zero-order valence-corrected chi connectivity index (χ0v) is 10.5. The van der Waals surface area contributed by atoms with Gasteiger partial charge in [-0.2, -0.15) is 5.10 Å². The fraction of sp³-hybridized carbons (Fsp3) is 0.333. The summed E-state index contributed by atoms with van der Waals surface area (Å²) in [7, 11) is 1.79. The molecule has 1 heterocycles. The van der Waals surface area contributed by atoms with Gasteiger partial charge in [0.1, 0.15) is 12.2 Å². The molecule has 0 fully saturated rings. The number of benzene rings is 1. The molecule has 0 saturated carbocycles. The molecular formula is C12H15F2N5. The standard InChI is InChI=1S/C12H15F2N5/c1-19-12(16-7-17-19)6-9(18-15)4-8-2-3-10(13)11(14)5-8/h2-3,5,7,9,18H,4,6,15H2,1H3. The van der Waals surface area contributed by atoms with Gasteiger partial charge in [0.05, 0.1) is 0 Å². The van der Waals surface area contributed by atoms with Crippen LogP contribution in [0.15, 0.2) is 24.5 Å². The van der Waals surface area contributed by atoms with Gasteiger partial charge < -0.3 is 0 Å². The summed E-state index contributed by atoms with van der Waals surface area (Å²) in [6.45, 7) is 0. The number of rotatable bonds is 5. The molecule has 0 amide bonds. The molecule has 5 nitrogen and oxygen atoms in total. The Balaban J connectivity index is 2.06. The third kappa shape index (κ3) is 3.33. The second-order valence-corrected chi connectivity index (χ2v) is 4.32. The molecule has 2 aromatic rings. The smallest absolute Gasteiger partial charge is 0.159 e. The van der Waals surface area contributed by atoms with Crippen molar-refractivity contribution in [3.63, 3.8) is 0 Å². The van der Waals surface area contributed by atoms with Crippen LogP contribution in [0.25, 0.3) is 0 Å². The zero-order chi connectivity index (χ0) is 13.8. The largest absolute Gasteiger partial charge is 0.271 e. The van der Waals surface area contributed by atoms with E-state index in [1.165, 1.54) is 12.4 Å². The topological polar surface area (TPSA) is 68.8 Å². The van der Waals surface area contributed by atoms with Crippen LogP contribution in [0.4, 0.5) is 8.78 Å². The van der Waals surface area contributed by atoms with Crippen molar-refractivity contribution < 1.29 is 8.78 Å². The van der Waals surface area contributed by atoms with Gasteiger partial charge in [-0.3, -0.25) is 16.0 Å². The van der Waals surface area contributed by atoms with Crippen molar-refractivity contribution in [1.29, 1.82) is 0 Å². The SMILES string of the molecule is Cn1ncnc1CC(Cc1ccc(F)c(F)c1)NN. The van der Waals surface area contributed by atoms with Gasteiger partial charge in [-0.05, 0) is 24.1 Å². The molecule has 102 valence electrons. The van der Waals surface area contributed by atoms with Gasteiger partial charge in [0.2, 0.25) is 0 Å². The number of nitrogens with one attached hydrogen (secondary N) is 1. The lowest BCUT2D eigenvalue weighted by Gasteiger charge is -2.15. The monoisotopic (exact) mass is 267 g/mol. The van der Waals surface area contributed by atoms with E-state index in [1.807, 2.05) is 0 Å².